The first kappa shape index (κ1) is 14.8. The highest BCUT2D eigenvalue weighted by Gasteiger charge is 2.13. The van der Waals surface area contributed by atoms with Crippen LogP contribution in [0.15, 0.2) is 60.0 Å². The van der Waals surface area contributed by atoms with Crippen molar-refractivity contribution in [2.24, 2.45) is 5.73 Å². The van der Waals surface area contributed by atoms with Crippen LogP contribution < -0.4 is 10.5 Å². The molecule has 0 fully saturated rings. The Morgan fingerprint density at radius 1 is 1.14 bits per heavy atom. The minimum absolute atomic E-state index is 0.0771. The van der Waals surface area contributed by atoms with Crippen molar-refractivity contribution in [2.75, 3.05) is 7.11 Å². The van der Waals surface area contributed by atoms with Crippen LogP contribution in [-0.4, -0.2) is 12.1 Å². The maximum absolute atomic E-state index is 6.30. The Balaban J connectivity index is 1.78. The van der Waals surface area contributed by atoms with Crippen LogP contribution in [0.25, 0.3) is 11.3 Å². The van der Waals surface area contributed by atoms with Crippen molar-refractivity contribution in [3.05, 3.63) is 70.5 Å². The van der Waals surface area contributed by atoms with Gasteiger partial charge in [-0.2, -0.15) is 0 Å². The molecule has 4 heteroatoms. The number of thiazole rings is 1. The SMILES string of the molecule is COc1cccc(-c2csc(C(N)Cc3ccccc3)n2)c1. The van der Waals surface area contributed by atoms with E-state index >= 15 is 0 Å². The third-order valence-electron chi connectivity index (χ3n) is 3.50. The van der Waals surface area contributed by atoms with Gasteiger partial charge >= 0.3 is 0 Å². The summed E-state index contributed by atoms with van der Waals surface area (Å²) in [7, 11) is 1.67. The molecule has 0 aliphatic heterocycles. The van der Waals surface area contributed by atoms with Gasteiger partial charge in [0.15, 0.2) is 0 Å². The third-order valence-corrected chi connectivity index (χ3v) is 4.48. The molecule has 2 aromatic carbocycles. The van der Waals surface area contributed by atoms with Crippen LogP contribution in [0.4, 0.5) is 0 Å². The van der Waals surface area contributed by atoms with E-state index in [9.17, 15) is 0 Å². The van der Waals surface area contributed by atoms with Gasteiger partial charge in [0.1, 0.15) is 10.8 Å². The predicted molar refractivity (Wildman–Crippen MR) is 91.2 cm³/mol. The first-order chi connectivity index (χ1) is 10.8. The number of aromatic nitrogens is 1. The van der Waals surface area contributed by atoms with Gasteiger partial charge in [-0.3, -0.25) is 0 Å². The van der Waals surface area contributed by atoms with Gasteiger partial charge in [0.2, 0.25) is 0 Å². The van der Waals surface area contributed by atoms with Crippen molar-refractivity contribution >= 4 is 11.3 Å². The first-order valence-electron chi connectivity index (χ1n) is 7.15. The van der Waals surface area contributed by atoms with Crippen LogP contribution in [0, 0.1) is 0 Å². The summed E-state index contributed by atoms with van der Waals surface area (Å²) in [4.78, 5) is 4.69. The monoisotopic (exact) mass is 310 g/mol. The zero-order valence-electron chi connectivity index (χ0n) is 12.4. The topological polar surface area (TPSA) is 48.1 Å². The average molecular weight is 310 g/mol. The Hall–Kier alpha value is -2.17. The van der Waals surface area contributed by atoms with Crippen LogP contribution in [0.5, 0.6) is 5.75 Å². The molecule has 1 atom stereocenters. The zero-order chi connectivity index (χ0) is 15.4. The normalized spacial score (nSPS) is 12.1. The number of hydrogen-bond acceptors (Lipinski definition) is 4. The highest BCUT2D eigenvalue weighted by Crippen LogP contribution is 2.28. The van der Waals surface area contributed by atoms with E-state index in [4.69, 9.17) is 10.5 Å². The van der Waals surface area contributed by atoms with E-state index in [2.05, 4.69) is 22.5 Å². The summed E-state index contributed by atoms with van der Waals surface area (Å²) in [5, 5.41) is 3.01. The Kier molecular flexibility index (Phi) is 4.51. The van der Waals surface area contributed by atoms with E-state index in [0.717, 1.165) is 28.4 Å². The molecule has 0 aliphatic rings. The van der Waals surface area contributed by atoms with Gasteiger partial charge in [-0.05, 0) is 24.1 Å². The fourth-order valence-electron chi connectivity index (χ4n) is 2.33. The Morgan fingerprint density at radius 2 is 1.95 bits per heavy atom. The second-order valence-electron chi connectivity index (χ2n) is 5.10. The van der Waals surface area contributed by atoms with Gasteiger partial charge in [0, 0.05) is 10.9 Å². The number of hydrogen-bond donors (Lipinski definition) is 1. The lowest BCUT2D eigenvalue weighted by Crippen LogP contribution is -2.12. The molecule has 0 saturated heterocycles. The molecule has 3 rings (SSSR count). The van der Waals surface area contributed by atoms with Crippen LogP contribution >= 0.6 is 11.3 Å². The Bertz CT molecular complexity index is 740. The van der Waals surface area contributed by atoms with Gasteiger partial charge in [-0.1, -0.05) is 42.5 Å². The van der Waals surface area contributed by atoms with Crippen LogP contribution in [0.3, 0.4) is 0 Å². The standard InChI is InChI=1S/C18H18N2OS/c1-21-15-9-5-8-14(11-15)17-12-22-18(20-17)16(19)10-13-6-3-2-4-7-13/h2-9,11-12,16H,10,19H2,1H3. The summed E-state index contributed by atoms with van der Waals surface area (Å²) < 4.78 is 5.26. The molecular weight excluding hydrogens is 292 g/mol. The molecule has 0 bridgehead atoms. The number of benzene rings is 2. The van der Waals surface area contributed by atoms with E-state index in [1.54, 1.807) is 18.4 Å². The number of nitrogens with zero attached hydrogens (tertiary/aromatic N) is 1. The zero-order valence-corrected chi connectivity index (χ0v) is 13.2. The maximum Gasteiger partial charge on any atom is 0.119 e. The molecule has 112 valence electrons. The second-order valence-corrected chi connectivity index (χ2v) is 5.99. The van der Waals surface area contributed by atoms with Crippen molar-refractivity contribution in [3.63, 3.8) is 0 Å². The maximum atomic E-state index is 6.30. The van der Waals surface area contributed by atoms with Crippen molar-refractivity contribution in [1.82, 2.24) is 4.98 Å². The summed E-state index contributed by atoms with van der Waals surface area (Å²) in [5.41, 5.74) is 9.52. The summed E-state index contributed by atoms with van der Waals surface area (Å²) in [6, 6.07) is 18.1. The summed E-state index contributed by atoms with van der Waals surface area (Å²) in [5.74, 6) is 0.834. The fraction of sp³-hybridized carbons (Fsp3) is 0.167. The highest BCUT2D eigenvalue weighted by molar-refractivity contribution is 7.10. The molecule has 0 radical (unpaired) electrons. The number of rotatable bonds is 5. The smallest absolute Gasteiger partial charge is 0.119 e. The Labute approximate surface area is 134 Å². The van der Waals surface area contributed by atoms with E-state index in [1.165, 1.54) is 5.56 Å². The van der Waals surface area contributed by atoms with Crippen molar-refractivity contribution in [3.8, 4) is 17.0 Å². The molecule has 0 amide bonds. The lowest BCUT2D eigenvalue weighted by molar-refractivity contribution is 0.415. The van der Waals surface area contributed by atoms with Gasteiger partial charge in [-0.25, -0.2) is 4.98 Å². The van der Waals surface area contributed by atoms with Gasteiger partial charge < -0.3 is 10.5 Å². The van der Waals surface area contributed by atoms with Crippen molar-refractivity contribution in [2.45, 2.75) is 12.5 Å². The Morgan fingerprint density at radius 3 is 2.73 bits per heavy atom. The third kappa shape index (κ3) is 3.35. The second kappa shape index (κ2) is 6.73. The summed E-state index contributed by atoms with van der Waals surface area (Å²) >= 11 is 1.61. The van der Waals surface area contributed by atoms with E-state index in [-0.39, 0.29) is 6.04 Å². The molecule has 3 nitrogen and oxygen atoms in total. The number of methoxy groups -OCH3 is 1. The molecule has 0 aliphatic carbocycles. The average Bonchev–Trinajstić information content (AvgIpc) is 3.06. The molecule has 1 aromatic heterocycles. The molecular formula is C18H18N2OS. The minimum atomic E-state index is -0.0771. The molecule has 0 spiro atoms. The highest BCUT2D eigenvalue weighted by atomic mass is 32.1. The van der Waals surface area contributed by atoms with Gasteiger partial charge in [0.25, 0.3) is 0 Å². The molecule has 1 unspecified atom stereocenters. The largest absolute Gasteiger partial charge is 0.497 e. The molecule has 0 saturated carbocycles. The molecule has 1 heterocycles. The number of ether oxygens (including phenoxy) is 1. The summed E-state index contributed by atoms with van der Waals surface area (Å²) in [6.07, 6.45) is 0.798. The minimum Gasteiger partial charge on any atom is -0.497 e. The lowest BCUT2D eigenvalue weighted by Gasteiger charge is -2.08. The van der Waals surface area contributed by atoms with E-state index in [1.807, 2.05) is 42.5 Å². The first-order valence-corrected chi connectivity index (χ1v) is 8.03. The van der Waals surface area contributed by atoms with Gasteiger partial charge in [-0.15, -0.1) is 11.3 Å². The fourth-order valence-corrected chi connectivity index (χ4v) is 3.16. The van der Waals surface area contributed by atoms with Crippen molar-refractivity contribution in [1.29, 1.82) is 0 Å². The predicted octanol–water partition coefficient (Wildman–Crippen LogP) is 4.06. The van der Waals surface area contributed by atoms with Crippen LogP contribution in [0.1, 0.15) is 16.6 Å². The van der Waals surface area contributed by atoms with Gasteiger partial charge in [0.05, 0.1) is 18.8 Å². The van der Waals surface area contributed by atoms with E-state index in [0.29, 0.717) is 0 Å². The molecule has 3 aromatic rings. The van der Waals surface area contributed by atoms with Crippen LogP contribution in [-0.2, 0) is 6.42 Å². The summed E-state index contributed by atoms with van der Waals surface area (Å²) in [6.45, 7) is 0. The lowest BCUT2D eigenvalue weighted by atomic mass is 10.1. The number of nitrogens with two attached hydrogens (primary N) is 1. The van der Waals surface area contributed by atoms with Crippen LogP contribution in [0.2, 0.25) is 0 Å². The van der Waals surface area contributed by atoms with E-state index < -0.39 is 0 Å². The molecule has 2 N–H and O–H groups in total. The van der Waals surface area contributed by atoms with Crippen molar-refractivity contribution < 1.29 is 4.74 Å². The quantitative estimate of drug-likeness (QED) is 0.773. The molecule has 22 heavy (non-hydrogen) atoms.